The molecule has 0 unspecified atom stereocenters. The maximum atomic E-state index is 8.09. The number of hydrogen-bond acceptors (Lipinski definition) is 3. The monoisotopic (exact) mass is 207 g/mol. The first-order valence-electron chi connectivity index (χ1n) is 2.67. The van der Waals surface area contributed by atoms with Crippen LogP contribution in [0.5, 0.6) is 0 Å². The summed E-state index contributed by atoms with van der Waals surface area (Å²) in [5, 5.41) is 13.7. The van der Waals surface area contributed by atoms with E-state index in [4.69, 9.17) is 10.9 Å². The molecule has 0 aromatic carbocycles. The van der Waals surface area contributed by atoms with E-state index in [0.29, 0.717) is 13.1 Å². The van der Waals surface area contributed by atoms with Crippen LogP contribution in [0.1, 0.15) is 0 Å². The largest absolute Gasteiger partial charge is 0.409 e. The molecule has 0 aromatic heterocycles. The summed E-state index contributed by atoms with van der Waals surface area (Å²) in [6, 6.07) is 0. The average Bonchev–Trinajstić information content (AvgIpc) is 1.87. The van der Waals surface area contributed by atoms with Gasteiger partial charge in [-0.05, 0) is 0 Å². The van der Waals surface area contributed by atoms with Crippen LogP contribution < -0.4 is 11.1 Å². The first-order valence-corrected chi connectivity index (χ1v) is 3.46. The van der Waals surface area contributed by atoms with Gasteiger partial charge >= 0.3 is 0 Å². The van der Waals surface area contributed by atoms with Gasteiger partial charge in [-0.15, -0.1) is 0 Å². The molecule has 0 amide bonds. The molecule has 0 aliphatic rings. The molecule has 0 aromatic rings. The third-order valence-electron chi connectivity index (χ3n) is 0.751. The molecule has 0 heterocycles. The zero-order valence-corrected chi connectivity index (χ0v) is 7.06. The molecule has 0 saturated carbocycles. The van der Waals surface area contributed by atoms with Crippen molar-refractivity contribution in [1.82, 2.24) is 5.32 Å². The second-order valence-corrected chi connectivity index (χ2v) is 2.83. The van der Waals surface area contributed by atoms with Crippen LogP contribution >= 0.6 is 15.9 Å². The first-order chi connectivity index (χ1) is 4.66. The minimum atomic E-state index is 0.161. The van der Waals surface area contributed by atoms with E-state index < -0.39 is 0 Å². The summed E-state index contributed by atoms with van der Waals surface area (Å²) < 4.78 is 0.832. The molecule has 10 heavy (non-hydrogen) atoms. The highest BCUT2D eigenvalue weighted by molar-refractivity contribution is 9.11. The fourth-order valence-electron chi connectivity index (χ4n) is 0.362. The number of hydrogen-bond donors (Lipinski definition) is 3. The lowest BCUT2D eigenvalue weighted by Crippen LogP contribution is -2.29. The van der Waals surface area contributed by atoms with Gasteiger partial charge in [0.25, 0.3) is 0 Å². The minimum absolute atomic E-state index is 0.161. The molecule has 58 valence electrons. The van der Waals surface area contributed by atoms with Crippen molar-refractivity contribution in [2.75, 3.05) is 13.1 Å². The third-order valence-corrected chi connectivity index (χ3v) is 1.03. The van der Waals surface area contributed by atoms with Crippen LogP contribution in [-0.4, -0.2) is 24.1 Å². The summed E-state index contributed by atoms with van der Waals surface area (Å²) in [4.78, 5) is 0. The van der Waals surface area contributed by atoms with Gasteiger partial charge in [0.05, 0.1) is 6.54 Å². The van der Waals surface area contributed by atoms with Crippen molar-refractivity contribution in [1.29, 1.82) is 0 Å². The number of halogens is 1. The van der Waals surface area contributed by atoms with Crippen molar-refractivity contribution in [3.8, 4) is 0 Å². The Kier molecular flexibility index (Phi) is 4.96. The van der Waals surface area contributed by atoms with Crippen molar-refractivity contribution in [2.24, 2.45) is 10.9 Å². The predicted molar refractivity (Wildman–Crippen MR) is 44.3 cm³/mol. The van der Waals surface area contributed by atoms with E-state index in [9.17, 15) is 0 Å². The molecule has 0 saturated heterocycles. The highest BCUT2D eigenvalue weighted by Crippen LogP contribution is 1.95. The Labute approximate surface area is 67.9 Å². The van der Waals surface area contributed by atoms with Gasteiger partial charge in [-0.25, -0.2) is 0 Å². The molecule has 4 nitrogen and oxygen atoms in total. The first kappa shape index (κ1) is 9.45. The summed E-state index contributed by atoms with van der Waals surface area (Å²) in [6.07, 6.45) is 0. The standard InChI is InChI=1S/C5H10BrN3O/c1-4(6)2-8-3-5(7)9-10/h8,10H,1-3H2,(H2,7,9). The van der Waals surface area contributed by atoms with Crippen LogP contribution in [0.4, 0.5) is 0 Å². The Morgan fingerprint density at radius 2 is 2.30 bits per heavy atom. The van der Waals surface area contributed by atoms with Crippen LogP contribution in [0.3, 0.4) is 0 Å². The van der Waals surface area contributed by atoms with Gasteiger partial charge in [0, 0.05) is 11.0 Å². The molecule has 0 fully saturated rings. The van der Waals surface area contributed by atoms with Gasteiger partial charge < -0.3 is 16.3 Å². The van der Waals surface area contributed by atoms with E-state index in [1.54, 1.807) is 0 Å². The molecule has 0 bridgehead atoms. The maximum Gasteiger partial charge on any atom is 0.153 e. The maximum absolute atomic E-state index is 8.09. The van der Waals surface area contributed by atoms with Gasteiger partial charge in [0.2, 0.25) is 0 Å². The highest BCUT2D eigenvalue weighted by Gasteiger charge is 1.91. The second kappa shape index (κ2) is 5.25. The molecule has 0 atom stereocenters. The molecule has 0 aliphatic carbocycles. The fraction of sp³-hybridized carbons (Fsp3) is 0.400. The van der Waals surface area contributed by atoms with Crippen LogP contribution in [0.25, 0.3) is 0 Å². The number of nitrogens with zero attached hydrogens (tertiary/aromatic N) is 1. The Morgan fingerprint density at radius 3 is 2.70 bits per heavy atom. The minimum Gasteiger partial charge on any atom is -0.409 e. The summed E-state index contributed by atoms with van der Waals surface area (Å²) in [5.74, 6) is 0.161. The van der Waals surface area contributed by atoms with E-state index in [0.717, 1.165) is 4.48 Å². The quantitative estimate of drug-likeness (QED) is 0.268. The number of amidine groups is 1. The lowest BCUT2D eigenvalue weighted by Gasteiger charge is -1.99. The topological polar surface area (TPSA) is 70.6 Å². The molecule has 0 aliphatic heterocycles. The highest BCUT2D eigenvalue weighted by atomic mass is 79.9. The molecular formula is C5H10BrN3O. The predicted octanol–water partition coefficient (Wildman–Crippen LogP) is 0.231. The van der Waals surface area contributed by atoms with Gasteiger partial charge in [-0.3, -0.25) is 0 Å². The van der Waals surface area contributed by atoms with Crippen molar-refractivity contribution in [3.63, 3.8) is 0 Å². The van der Waals surface area contributed by atoms with Crippen molar-refractivity contribution in [2.45, 2.75) is 0 Å². The molecule has 4 N–H and O–H groups in total. The fourth-order valence-corrected chi connectivity index (χ4v) is 0.560. The van der Waals surface area contributed by atoms with Crippen LogP contribution in [0.15, 0.2) is 16.2 Å². The zero-order valence-electron chi connectivity index (χ0n) is 5.47. The lowest BCUT2D eigenvalue weighted by molar-refractivity contribution is 0.317. The van der Waals surface area contributed by atoms with Crippen molar-refractivity contribution in [3.05, 3.63) is 11.1 Å². The third kappa shape index (κ3) is 5.58. The Morgan fingerprint density at radius 1 is 1.70 bits per heavy atom. The Balaban J connectivity index is 3.29. The van der Waals surface area contributed by atoms with E-state index in [2.05, 4.69) is 33.0 Å². The van der Waals surface area contributed by atoms with Crippen LogP contribution in [-0.2, 0) is 0 Å². The number of nitrogens with one attached hydrogen (secondary N) is 1. The van der Waals surface area contributed by atoms with Crippen molar-refractivity contribution >= 4 is 21.8 Å². The molecule has 5 heteroatoms. The zero-order chi connectivity index (χ0) is 7.98. The van der Waals surface area contributed by atoms with Crippen LogP contribution in [0.2, 0.25) is 0 Å². The van der Waals surface area contributed by atoms with E-state index in [-0.39, 0.29) is 5.84 Å². The van der Waals surface area contributed by atoms with Gasteiger partial charge in [0.15, 0.2) is 5.84 Å². The second-order valence-electron chi connectivity index (χ2n) is 1.71. The summed E-state index contributed by atoms with van der Waals surface area (Å²) >= 11 is 3.15. The van der Waals surface area contributed by atoms with E-state index >= 15 is 0 Å². The summed E-state index contributed by atoms with van der Waals surface area (Å²) in [6.45, 7) is 4.56. The number of oxime groups is 1. The van der Waals surface area contributed by atoms with Gasteiger partial charge in [-0.2, -0.15) is 0 Å². The Hall–Kier alpha value is -0.550. The Bertz CT molecular complexity index is 146. The normalized spacial score (nSPS) is 11.5. The number of nitrogens with two attached hydrogens (primary N) is 1. The smallest absolute Gasteiger partial charge is 0.153 e. The SMILES string of the molecule is C=C(Br)CNCC(N)=NO. The van der Waals surface area contributed by atoms with Crippen LogP contribution in [0, 0.1) is 0 Å². The van der Waals surface area contributed by atoms with Crippen molar-refractivity contribution < 1.29 is 5.21 Å². The molecular weight excluding hydrogens is 198 g/mol. The molecule has 0 rings (SSSR count). The molecule has 0 radical (unpaired) electrons. The van der Waals surface area contributed by atoms with E-state index in [1.807, 2.05) is 0 Å². The number of rotatable bonds is 4. The van der Waals surface area contributed by atoms with E-state index in [1.165, 1.54) is 0 Å². The lowest BCUT2D eigenvalue weighted by atomic mass is 10.5. The average molecular weight is 208 g/mol. The van der Waals surface area contributed by atoms with Gasteiger partial charge in [-0.1, -0.05) is 27.7 Å². The van der Waals surface area contributed by atoms with Gasteiger partial charge in [0.1, 0.15) is 0 Å². The summed E-state index contributed by atoms with van der Waals surface area (Å²) in [5.41, 5.74) is 5.15. The summed E-state index contributed by atoms with van der Waals surface area (Å²) in [7, 11) is 0. The molecule has 0 spiro atoms.